The van der Waals surface area contributed by atoms with Gasteiger partial charge in [0.2, 0.25) is 0 Å². The number of nitrogens with zero attached hydrogens (tertiary/aromatic N) is 2. The average Bonchev–Trinajstić information content (AvgIpc) is 2.47. The Bertz CT molecular complexity index is 762. The molecule has 0 aliphatic carbocycles. The van der Waals surface area contributed by atoms with E-state index in [1.165, 1.54) is 24.5 Å². The second-order valence-corrected chi connectivity index (χ2v) is 6.03. The molecule has 0 radical (unpaired) electrons. The number of hydrogen-bond acceptors (Lipinski definition) is 6. The third-order valence-electron chi connectivity index (χ3n) is 2.92. The van der Waals surface area contributed by atoms with Gasteiger partial charge in [-0.2, -0.15) is 0 Å². The van der Waals surface area contributed by atoms with E-state index < -0.39 is 10.1 Å². The van der Waals surface area contributed by atoms with E-state index >= 15 is 0 Å². The third-order valence-corrected chi connectivity index (χ3v) is 3.77. The fourth-order valence-corrected chi connectivity index (χ4v) is 2.21. The van der Waals surface area contributed by atoms with Gasteiger partial charge in [-0.1, -0.05) is 12.1 Å². The van der Waals surface area contributed by atoms with Crippen molar-refractivity contribution in [1.82, 2.24) is 15.3 Å². The van der Waals surface area contributed by atoms with Gasteiger partial charge in [0.1, 0.15) is 15.8 Å². The molecule has 23 heavy (non-hydrogen) atoms. The van der Waals surface area contributed by atoms with E-state index in [1.54, 1.807) is 19.1 Å². The van der Waals surface area contributed by atoms with Gasteiger partial charge in [0, 0.05) is 12.7 Å². The van der Waals surface area contributed by atoms with Crippen LogP contribution in [0, 0.1) is 6.92 Å². The Morgan fingerprint density at radius 1 is 1.17 bits per heavy atom. The quantitative estimate of drug-likeness (QED) is 0.473. The molecule has 1 aromatic carbocycles. The van der Waals surface area contributed by atoms with Crippen LogP contribution in [0.25, 0.3) is 0 Å². The van der Waals surface area contributed by atoms with Crippen molar-refractivity contribution in [3.8, 4) is 0 Å². The summed E-state index contributed by atoms with van der Waals surface area (Å²) >= 11 is 0. The fraction of sp³-hybridized carbons (Fsp3) is 0.214. The molecule has 1 amide bonds. The van der Waals surface area contributed by atoms with Gasteiger partial charge < -0.3 is 9.87 Å². The molecule has 0 saturated carbocycles. The molecule has 2 rings (SSSR count). The molecule has 0 spiro atoms. The van der Waals surface area contributed by atoms with Gasteiger partial charge in [0.15, 0.2) is 0 Å². The molecule has 0 aliphatic heterocycles. The summed E-state index contributed by atoms with van der Waals surface area (Å²) < 4.78 is 32.4. The van der Waals surface area contributed by atoms with Crippen LogP contribution in [0.3, 0.4) is 0 Å². The number of aromatic nitrogens is 2. The number of hydrogen-bond donors (Lipinski definition) is 1. The molecule has 2 aromatic rings. The maximum absolute atomic E-state index is 11.8. The topological polar surface area (TPSA) is 112 Å². The Morgan fingerprint density at radius 2 is 1.83 bits per heavy atom. The molecule has 116 valence electrons. The molecule has 0 bridgehead atoms. The normalized spacial score (nSPS) is 10.7. The van der Waals surface area contributed by atoms with Crippen molar-refractivity contribution in [1.29, 1.82) is 0 Å². The number of benzene rings is 1. The Morgan fingerprint density at radius 3 is 2.35 bits per heavy atom. The van der Waals surface area contributed by atoms with Crippen molar-refractivity contribution in [2.24, 2.45) is 0 Å². The van der Waals surface area contributed by atoms with Gasteiger partial charge in [0.25, 0.3) is 5.91 Å². The van der Waals surface area contributed by atoms with E-state index in [0.717, 1.165) is 11.3 Å². The minimum atomic E-state index is -4.43. The zero-order valence-corrected chi connectivity index (χ0v) is 16.8. The fourth-order valence-electron chi connectivity index (χ4n) is 1.74. The van der Waals surface area contributed by atoms with Gasteiger partial charge in [-0.05, 0) is 31.0 Å². The van der Waals surface area contributed by atoms with Crippen LogP contribution < -0.4 is 56.7 Å². The molecular weight excluding hydrogens is 345 g/mol. The average molecular weight is 359 g/mol. The first-order valence-electron chi connectivity index (χ1n) is 6.48. The predicted molar refractivity (Wildman–Crippen MR) is 77.2 cm³/mol. The monoisotopic (exact) mass is 359 g/mol. The van der Waals surface area contributed by atoms with Gasteiger partial charge in [-0.15, -0.1) is 0 Å². The zero-order chi connectivity index (χ0) is 16.2. The third kappa shape index (κ3) is 6.38. The molecule has 0 unspecified atom stereocenters. The number of carbonyl (C=O) groups excluding carboxylic acids is 1. The molecule has 1 aromatic heterocycles. The SMILES string of the molecule is Cc1cnc(C(=O)NCCc2ccc(S(=O)(=O)[O-])cc2)cn1.[K+]. The van der Waals surface area contributed by atoms with Crippen LogP contribution in [0.2, 0.25) is 0 Å². The number of carbonyl (C=O) groups is 1. The van der Waals surface area contributed by atoms with Crippen molar-refractivity contribution in [2.75, 3.05) is 6.54 Å². The minimum absolute atomic E-state index is 0. The number of amides is 1. The Hall–Kier alpha value is -0.684. The van der Waals surface area contributed by atoms with E-state index in [1.807, 2.05) is 0 Å². The molecule has 0 aliphatic rings. The van der Waals surface area contributed by atoms with Gasteiger partial charge in [-0.3, -0.25) is 9.78 Å². The summed E-state index contributed by atoms with van der Waals surface area (Å²) in [6.07, 6.45) is 3.42. The van der Waals surface area contributed by atoms with Gasteiger partial charge in [0.05, 0.1) is 16.8 Å². The molecule has 7 nitrogen and oxygen atoms in total. The van der Waals surface area contributed by atoms with Crippen LogP contribution in [-0.4, -0.2) is 35.4 Å². The van der Waals surface area contributed by atoms with Gasteiger partial charge in [-0.25, -0.2) is 13.4 Å². The standard InChI is InChI=1S/C14H15N3O4S.K/c1-10-8-17-13(9-16-10)14(18)15-7-6-11-2-4-12(5-3-11)22(19,20)21;/h2-5,8-9H,6-7H2,1H3,(H,15,18)(H,19,20,21);/q;+1/p-1. The smallest absolute Gasteiger partial charge is 0.744 e. The predicted octanol–water partition coefficient (Wildman–Crippen LogP) is -2.33. The van der Waals surface area contributed by atoms with E-state index in [2.05, 4.69) is 15.3 Å². The number of aryl methyl sites for hydroxylation is 1. The second kappa shape index (κ2) is 8.97. The Labute approximate surface area is 177 Å². The molecular formula is C14H14KN3O4S. The molecule has 0 saturated heterocycles. The summed E-state index contributed by atoms with van der Waals surface area (Å²) in [7, 11) is -4.43. The maximum atomic E-state index is 11.8. The van der Waals surface area contributed by atoms with Crippen LogP contribution in [-0.2, 0) is 16.5 Å². The Balaban J connectivity index is 0.00000264. The maximum Gasteiger partial charge on any atom is 1.00 e. The zero-order valence-electron chi connectivity index (χ0n) is 12.8. The van der Waals surface area contributed by atoms with Crippen molar-refractivity contribution in [2.45, 2.75) is 18.2 Å². The first-order chi connectivity index (χ1) is 10.4. The summed E-state index contributed by atoms with van der Waals surface area (Å²) in [5.74, 6) is -0.328. The molecule has 0 fully saturated rings. The largest absolute Gasteiger partial charge is 1.00 e. The van der Waals surface area contributed by atoms with Crippen LogP contribution in [0.15, 0.2) is 41.6 Å². The first-order valence-corrected chi connectivity index (χ1v) is 7.89. The number of rotatable bonds is 5. The van der Waals surface area contributed by atoms with Crippen molar-refractivity contribution >= 4 is 16.0 Å². The summed E-state index contributed by atoms with van der Waals surface area (Å²) in [6.45, 7) is 2.14. The molecule has 9 heteroatoms. The van der Waals surface area contributed by atoms with E-state index in [4.69, 9.17) is 0 Å². The molecule has 1 N–H and O–H groups in total. The van der Waals surface area contributed by atoms with Crippen LogP contribution >= 0.6 is 0 Å². The number of nitrogens with one attached hydrogen (secondary N) is 1. The van der Waals surface area contributed by atoms with Crippen molar-refractivity contribution < 1.29 is 69.1 Å². The van der Waals surface area contributed by atoms with Crippen LogP contribution in [0.5, 0.6) is 0 Å². The van der Waals surface area contributed by atoms with Crippen LogP contribution in [0.4, 0.5) is 0 Å². The summed E-state index contributed by atoms with van der Waals surface area (Å²) in [6, 6.07) is 5.60. The first kappa shape index (κ1) is 20.4. The second-order valence-electron chi connectivity index (χ2n) is 4.65. The summed E-state index contributed by atoms with van der Waals surface area (Å²) in [5, 5.41) is 2.69. The van der Waals surface area contributed by atoms with Crippen molar-refractivity contribution in [3.63, 3.8) is 0 Å². The summed E-state index contributed by atoms with van der Waals surface area (Å²) in [4.78, 5) is 19.5. The van der Waals surface area contributed by atoms with E-state index in [9.17, 15) is 17.8 Å². The van der Waals surface area contributed by atoms with Crippen LogP contribution in [0.1, 0.15) is 21.7 Å². The van der Waals surface area contributed by atoms with Gasteiger partial charge >= 0.3 is 51.4 Å². The molecule has 0 atom stereocenters. The van der Waals surface area contributed by atoms with Crippen molar-refractivity contribution in [3.05, 3.63) is 53.6 Å². The Kier molecular flexibility index (Phi) is 7.94. The van der Waals surface area contributed by atoms with E-state index in [0.29, 0.717) is 13.0 Å². The molecule has 1 heterocycles. The summed E-state index contributed by atoms with van der Waals surface area (Å²) in [5.41, 5.74) is 1.77. The van der Waals surface area contributed by atoms with E-state index in [-0.39, 0.29) is 67.9 Å². The minimum Gasteiger partial charge on any atom is -0.744 e.